The van der Waals surface area contributed by atoms with Gasteiger partial charge in [0.1, 0.15) is 6.10 Å². The van der Waals surface area contributed by atoms with Crippen LogP contribution in [-0.4, -0.2) is 48.3 Å². The minimum absolute atomic E-state index is 0.135. The number of nitrogens with one attached hydrogen (secondary N) is 1. The zero-order chi connectivity index (χ0) is 11.4. The monoisotopic (exact) mass is 226 g/mol. The lowest BCUT2D eigenvalue weighted by atomic mass is 10.3. The molecule has 1 aromatic rings. The van der Waals surface area contributed by atoms with E-state index in [1.807, 2.05) is 6.92 Å². The van der Waals surface area contributed by atoms with E-state index >= 15 is 0 Å². The lowest BCUT2D eigenvalue weighted by molar-refractivity contribution is 0.0886. The molecule has 1 aliphatic rings. The summed E-state index contributed by atoms with van der Waals surface area (Å²) in [6.07, 6.45) is -0.135. The summed E-state index contributed by atoms with van der Waals surface area (Å²) in [5.41, 5.74) is 0. The molecule has 0 saturated carbocycles. The fourth-order valence-electron chi connectivity index (χ4n) is 1.67. The maximum Gasteiger partial charge on any atom is 0.255 e. The Morgan fingerprint density at radius 2 is 2.25 bits per heavy atom. The Hall–Kier alpha value is -0.980. The van der Waals surface area contributed by atoms with Gasteiger partial charge in [-0.25, -0.2) is 0 Å². The molecule has 1 N–H and O–H groups in total. The van der Waals surface area contributed by atoms with Crippen LogP contribution in [0, 0.1) is 0 Å². The van der Waals surface area contributed by atoms with Gasteiger partial charge in [-0.1, -0.05) is 5.16 Å². The van der Waals surface area contributed by atoms with Crippen LogP contribution in [-0.2, 0) is 11.3 Å². The molecule has 0 spiro atoms. The second-order valence-corrected chi connectivity index (χ2v) is 3.95. The van der Waals surface area contributed by atoms with Crippen molar-refractivity contribution in [1.29, 1.82) is 0 Å². The highest BCUT2D eigenvalue weighted by Crippen LogP contribution is 2.13. The third-order valence-electron chi connectivity index (χ3n) is 2.76. The molecule has 90 valence electrons. The van der Waals surface area contributed by atoms with E-state index in [-0.39, 0.29) is 6.10 Å². The summed E-state index contributed by atoms with van der Waals surface area (Å²) in [6.45, 7) is 6.76. The summed E-state index contributed by atoms with van der Waals surface area (Å²) in [6, 6.07) is 0. The van der Waals surface area contributed by atoms with Crippen LogP contribution >= 0.6 is 0 Å². The first kappa shape index (κ1) is 11.5. The van der Waals surface area contributed by atoms with Crippen molar-refractivity contribution >= 4 is 0 Å². The Morgan fingerprint density at radius 1 is 1.50 bits per heavy atom. The highest BCUT2D eigenvalue weighted by molar-refractivity contribution is 4.89. The van der Waals surface area contributed by atoms with Gasteiger partial charge in [-0.05, 0) is 6.92 Å². The Balaban J connectivity index is 1.91. The fourth-order valence-corrected chi connectivity index (χ4v) is 1.67. The van der Waals surface area contributed by atoms with Gasteiger partial charge >= 0.3 is 0 Å². The predicted octanol–water partition coefficient (Wildman–Crippen LogP) is 0.182. The molecule has 1 fully saturated rings. The number of ether oxygens (including phenoxy) is 1. The third-order valence-corrected chi connectivity index (χ3v) is 2.76. The third kappa shape index (κ3) is 2.78. The number of aromatic nitrogens is 2. The predicted molar refractivity (Wildman–Crippen MR) is 57.9 cm³/mol. The normalized spacial score (nSPS) is 19.9. The largest absolute Gasteiger partial charge is 0.372 e. The first-order chi connectivity index (χ1) is 7.79. The molecule has 0 amide bonds. The van der Waals surface area contributed by atoms with Gasteiger partial charge in [0, 0.05) is 33.3 Å². The van der Waals surface area contributed by atoms with Crippen molar-refractivity contribution in [3.63, 3.8) is 0 Å². The van der Waals surface area contributed by atoms with Gasteiger partial charge in [-0.3, -0.25) is 4.90 Å². The minimum atomic E-state index is -0.135. The second kappa shape index (κ2) is 5.38. The van der Waals surface area contributed by atoms with E-state index in [9.17, 15) is 0 Å². The van der Waals surface area contributed by atoms with Gasteiger partial charge in [0.15, 0.2) is 5.82 Å². The quantitative estimate of drug-likeness (QED) is 0.790. The maximum atomic E-state index is 5.13. The van der Waals surface area contributed by atoms with Gasteiger partial charge in [-0.2, -0.15) is 4.98 Å². The lowest BCUT2D eigenvalue weighted by Crippen LogP contribution is -2.43. The fraction of sp³-hybridized carbons (Fsp3) is 0.800. The molecule has 1 atom stereocenters. The van der Waals surface area contributed by atoms with Crippen molar-refractivity contribution in [3.8, 4) is 0 Å². The van der Waals surface area contributed by atoms with Gasteiger partial charge in [0.05, 0.1) is 6.54 Å². The van der Waals surface area contributed by atoms with E-state index in [0.717, 1.165) is 38.5 Å². The van der Waals surface area contributed by atoms with Crippen molar-refractivity contribution in [3.05, 3.63) is 11.7 Å². The van der Waals surface area contributed by atoms with Crippen molar-refractivity contribution in [2.24, 2.45) is 0 Å². The van der Waals surface area contributed by atoms with E-state index in [0.29, 0.717) is 5.89 Å². The van der Waals surface area contributed by atoms with Crippen LogP contribution in [0.3, 0.4) is 0 Å². The molecule has 0 bridgehead atoms. The Morgan fingerprint density at radius 3 is 2.94 bits per heavy atom. The Kier molecular flexibility index (Phi) is 3.87. The van der Waals surface area contributed by atoms with Crippen molar-refractivity contribution in [2.75, 3.05) is 33.3 Å². The Bertz CT molecular complexity index is 322. The van der Waals surface area contributed by atoms with E-state index in [1.165, 1.54) is 0 Å². The molecule has 6 heteroatoms. The van der Waals surface area contributed by atoms with E-state index in [2.05, 4.69) is 20.4 Å². The molecule has 16 heavy (non-hydrogen) atoms. The maximum absolute atomic E-state index is 5.13. The van der Waals surface area contributed by atoms with Crippen LogP contribution in [0.1, 0.15) is 24.7 Å². The first-order valence-electron chi connectivity index (χ1n) is 5.58. The average Bonchev–Trinajstić information content (AvgIpc) is 2.78. The highest BCUT2D eigenvalue weighted by Gasteiger charge is 2.16. The standard InChI is InChI=1S/C10H18N4O2/c1-8(15-2)10-12-9(13-16-10)7-14-5-3-11-4-6-14/h8,11H,3-7H2,1-2H3. The summed E-state index contributed by atoms with van der Waals surface area (Å²) in [4.78, 5) is 6.62. The molecule has 1 aliphatic heterocycles. The van der Waals surface area contributed by atoms with Gasteiger partial charge in [0.25, 0.3) is 5.89 Å². The summed E-state index contributed by atoms with van der Waals surface area (Å²) in [7, 11) is 1.63. The van der Waals surface area contributed by atoms with Crippen LogP contribution in [0.4, 0.5) is 0 Å². The molecule has 2 heterocycles. The molecular weight excluding hydrogens is 208 g/mol. The molecular formula is C10H18N4O2. The summed E-state index contributed by atoms with van der Waals surface area (Å²) in [5.74, 6) is 1.29. The number of hydrogen-bond donors (Lipinski definition) is 1. The van der Waals surface area contributed by atoms with Crippen LogP contribution in [0.5, 0.6) is 0 Å². The Labute approximate surface area is 95.0 Å². The zero-order valence-corrected chi connectivity index (χ0v) is 9.77. The topological polar surface area (TPSA) is 63.4 Å². The van der Waals surface area contributed by atoms with Gasteiger partial charge < -0.3 is 14.6 Å². The van der Waals surface area contributed by atoms with E-state index in [4.69, 9.17) is 9.26 Å². The number of methoxy groups -OCH3 is 1. The molecule has 1 saturated heterocycles. The van der Waals surface area contributed by atoms with Crippen LogP contribution in [0.2, 0.25) is 0 Å². The molecule has 1 aromatic heterocycles. The van der Waals surface area contributed by atoms with Gasteiger partial charge in [0.2, 0.25) is 0 Å². The van der Waals surface area contributed by atoms with Gasteiger partial charge in [-0.15, -0.1) is 0 Å². The second-order valence-electron chi connectivity index (χ2n) is 3.95. The number of piperazine rings is 1. The summed E-state index contributed by atoms with van der Waals surface area (Å²) in [5, 5.41) is 7.26. The summed E-state index contributed by atoms with van der Waals surface area (Å²) < 4.78 is 10.3. The van der Waals surface area contributed by atoms with Crippen molar-refractivity contribution in [1.82, 2.24) is 20.4 Å². The molecule has 0 aliphatic carbocycles. The number of nitrogens with zero attached hydrogens (tertiary/aromatic N) is 3. The average molecular weight is 226 g/mol. The summed E-state index contributed by atoms with van der Waals surface area (Å²) >= 11 is 0. The molecule has 2 rings (SSSR count). The van der Waals surface area contributed by atoms with Crippen LogP contribution < -0.4 is 5.32 Å². The van der Waals surface area contributed by atoms with Crippen molar-refractivity contribution in [2.45, 2.75) is 19.6 Å². The zero-order valence-electron chi connectivity index (χ0n) is 9.77. The van der Waals surface area contributed by atoms with E-state index in [1.54, 1.807) is 7.11 Å². The molecule has 0 aromatic carbocycles. The van der Waals surface area contributed by atoms with E-state index < -0.39 is 0 Å². The molecule has 0 radical (unpaired) electrons. The SMILES string of the molecule is COC(C)c1nc(CN2CCNCC2)no1. The van der Waals surface area contributed by atoms with Crippen LogP contribution in [0.25, 0.3) is 0 Å². The minimum Gasteiger partial charge on any atom is -0.372 e. The highest BCUT2D eigenvalue weighted by atomic mass is 16.5. The lowest BCUT2D eigenvalue weighted by Gasteiger charge is -2.25. The number of hydrogen-bond acceptors (Lipinski definition) is 6. The molecule has 1 unspecified atom stereocenters. The van der Waals surface area contributed by atoms with Crippen molar-refractivity contribution < 1.29 is 9.26 Å². The smallest absolute Gasteiger partial charge is 0.255 e. The number of rotatable bonds is 4. The molecule has 6 nitrogen and oxygen atoms in total. The van der Waals surface area contributed by atoms with Crippen LogP contribution in [0.15, 0.2) is 4.52 Å². The first-order valence-corrected chi connectivity index (χ1v) is 5.58.